The average molecular weight is 455 g/mol. The van der Waals surface area contributed by atoms with Crippen LogP contribution in [0.15, 0.2) is 71.6 Å². The van der Waals surface area contributed by atoms with Crippen molar-refractivity contribution >= 4 is 26.7 Å². The molecular formula is C24H26N2O5S. The van der Waals surface area contributed by atoms with Crippen LogP contribution in [0, 0.1) is 0 Å². The van der Waals surface area contributed by atoms with E-state index in [1.165, 1.54) is 16.4 Å². The lowest BCUT2D eigenvalue weighted by Gasteiger charge is -2.26. The molecule has 3 aromatic carbocycles. The fraction of sp³-hybridized carbons (Fsp3) is 0.292. The van der Waals surface area contributed by atoms with Crippen molar-refractivity contribution in [3.05, 3.63) is 72.3 Å². The highest BCUT2D eigenvalue weighted by atomic mass is 32.2. The molecule has 1 atom stereocenters. The van der Waals surface area contributed by atoms with Gasteiger partial charge in [-0.05, 0) is 47.5 Å². The first-order chi connectivity index (χ1) is 15.4. The van der Waals surface area contributed by atoms with E-state index in [4.69, 9.17) is 9.47 Å². The summed E-state index contributed by atoms with van der Waals surface area (Å²) in [7, 11) is -3.56. The second kappa shape index (κ2) is 9.68. The molecule has 1 aliphatic rings. The Labute approximate surface area is 188 Å². The SMILES string of the molecule is C[C@@H](NC(=O)COc1ccc(S(=O)(=O)N2CCOCC2)cc1)c1cccc2ccccc12. The van der Waals surface area contributed by atoms with E-state index in [0.29, 0.717) is 32.1 Å². The summed E-state index contributed by atoms with van der Waals surface area (Å²) < 4.78 is 37.6. The predicted octanol–water partition coefficient (Wildman–Crippen LogP) is 3.12. The van der Waals surface area contributed by atoms with Crippen LogP contribution in [-0.4, -0.2) is 51.5 Å². The summed E-state index contributed by atoms with van der Waals surface area (Å²) in [6, 6.07) is 20.0. The van der Waals surface area contributed by atoms with E-state index < -0.39 is 10.0 Å². The molecule has 0 bridgehead atoms. The molecule has 1 N–H and O–H groups in total. The van der Waals surface area contributed by atoms with Gasteiger partial charge in [0.1, 0.15) is 5.75 Å². The molecule has 0 unspecified atom stereocenters. The van der Waals surface area contributed by atoms with E-state index in [1.54, 1.807) is 12.1 Å². The number of carbonyl (C=O) groups is 1. The molecule has 8 heteroatoms. The molecule has 1 heterocycles. The summed E-state index contributed by atoms with van der Waals surface area (Å²) in [6.45, 7) is 3.25. The second-order valence-corrected chi connectivity index (χ2v) is 9.57. The molecule has 3 aromatic rings. The van der Waals surface area contributed by atoms with Gasteiger partial charge in [0, 0.05) is 13.1 Å². The Kier molecular flexibility index (Phi) is 6.74. The number of carbonyl (C=O) groups excluding carboxylic acids is 1. The minimum Gasteiger partial charge on any atom is -0.484 e. The highest BCUT2D eigenvalue weighted by Crippen LogP contribution is 2.24. The number of nitrogens with zero attached hydrogens (tertiary/aromatic N) is 1. The predicted molar refractivity (Wildman–Crippen MR) is 122 cm³/mol. The summed E-state index contributed by atoms with van der Waals surface area (Å²) in [5, 5.41) is 5.18. The number of amides is 1. The van der Waals surface area contributed by atoms with Gasteiger partial charge in [-0.15, -0.1) is 0 Å². The van der Waals surface area contributed by atoms with Crippen molar-refractivity contribution < 1.29 is 22.7 Å². The Balaban J connectivity index is 1.35. The quantitative estimate of drug-likeness (QED) is 0.593. The van der Waals surface area contributed by atoms with Gasteiger partial charge in [0.2, 0.25) is 10.0 Å². The molecule has 1 amide bonds. The van der Waals surface area contributed by atoms with Gasteiger partial charge in [0.25, 0.3) is 5.91 Å². The van der Waals surface area contributed by atoms with E-state index in [2.05, 4.69) is 5.32 Å². The van der Waals surface area contributed by atoms with Gasteiger partial charge in [-0.25, -0.2) is 8.42 Å². The monoisotopic (exact) mass is 454 g/mol. The lowest BCUT2D eigenvalue weighted by molar-refractivity contribution is -0.123. The van der Waals surface area contributed by atoms with Crippen molar-refractivity contribution in [2.24, 2.45) is 0 Å². The zero-order chi connectivity index (χ0) is 22.6. The van der Waals surface area contributed by atoms with E-state index in [0.717, 1.165) is 16.3 Å². The maximum atomic E-state index is 12.7. The van der Waals surface area contributed by atoms with E-state index >= 15 is 0 Å². The molecule has 1 fully saturated rings. The molecule has 32 heavy (non-hydrogen) atoms. The number of rotatable bonds is 7. The van der Waals surface area contributed by atoms with Crippen LogP contribution < -0.4 is 10.1 Å². The van der Waals surface area contributed by atoms with Gasteiger partial charge in [0.05, 0.1) is 24.2 Å². The maximum absolute atomic E-state index is 12.7. The number of benzene rings is 3. The topological polar surface area (TPSA) is 84.9 Å². The zero-order valence-electron chi connectivity index (χ0n) is 17.9. The zero-order valence-corrected chi connectivity index (χ0v) is 18.7. The smallest absolute Gasteiger partial charge is 0.258 e. The Hall–Kier alpha value is -2.94. The molecule has 7 nitrogen and oxygen atoms in total. The Morgan fingerprint density at radius 1 is 1.03 bits per heavy atom. The number of ether oxygens (including phenoxy) is 2. The number of sulfonamides is 1. The first-order valence-electron chi connectivity index (χ1n) is 10.5. The number of nitrogens with one attached hydrogen (secondary N) is 1. The van der Waals surface area contributed by atoms with Gasteiger partial charge in [0.15, 0.2) is 6.61 Å². The van der Waals surface area contributed by atoms with Crippen molar-refractivity contribution in [3.8, 4) is 5.75 Å². The van der Waals surface area contributed by atoms with Crippen LogP contribution in [0.4, 0.5) is 0 Å². The summed E-state index contributed by atoms with van der Waals surface area (Å²) >= 11 is 0. The third kappa shape index (κ3) is 4.93. The Morgan fingerprint density at radius 3 is 2.47 bits per heavy atom. The van der Waals surface area contributed by atoms with Gasteiger partial charge in [-0.1, -0.05) is 42.5 Å². The fourth-order valence-electron chi connectivity index (χ4n) is 3.78. The van der Waals surface area contributed by atoms with E-state index in [9.17, 15) is 13.2 Å². The lowest BCUT2D eigenvalue weighted by atomic mass is 10.00. The van der Waals surface area contributed by atoms with E-state index in [1.807, 2.05) is 49.4 Å². The summed E-state index contributed by atoms with van der Waals surface area (Å²) in [6.07, 6.45) is 0. The number of hydrogen-bond acceptors (Lipinski definition) is 5. The van der Waals surface area contributed by atoms with Crippen molar-refractivity contribution in [2.45, 2.75) is 17.9 Å². The summed E-state index contributed by atoms with van der Waals surface area (Å²) in [5.41, 5.74) is 1.04. The van der Waals surface area contributed by atoms with Crippen molar-refractivity contribution in [3.63, 3.8) is 0 Å². The molecule has 0 spiro atoms. The molecule has 0 aromatic heterocycles. The fourth-order valence-corrected chi connectivity index (χ4v) is 5.19. The van der Waals surface area contributed by atoms with Crippen LogP contribution in [-0.2, 0) is 19.6 Å². The molecular weight excluding hydrogens is 428 g/mol. The first kappa shape index (κ1) is 22.3. The molecule has 0 radical (unpaired) electrons. The van der Waals surface area contributed by atoms with Crippen LogP contribution >= 0.6 is 0 Å². The summed E-state index contributed by atoms with van der Waals surface area (Å²) in [4.78, 5) is 12.6. The van der Waals surface area contributed by atoms with Crippen LogP contribution in [0.3, 0.4) is 0 Å². The van der Waals surface area contributed by atoms with Crippen LogP contribution in [0.2, 0.25) is 0 Å². The number of fused-ring (bicyclic) bond motifs is 1. The van der Waals surface area contributed by atoms with Crippen molar-refractivity contribution in [1.82, 2.24) is 9.62 Å². The average Bonchev–Trinajstić information content (AvgIpc) is 2.83. The van der Waals surface area contributed by atoms with Gasteiger partial charge in [-0.2, -0.15) is 4.31 Å². The van der Waals surface area contributed by atoms with Gasteiger partial charge >= 0.3 is 0 Å². The molecule has 4 rings (SSSR count). The molecule has 0 saturated carbocycles. The number of morpholine rings is 1. The van der Waals surface area contributed by atoms with Crippen LogP contribution in [0.1, 0.15) is 18.5 Å². The molecule has 1 saturated heterocycles. The van der Waals surface area contributed by atoms with Crippen LogP contribution in [0.25, 0.3) is 10.8 Å². The highest BCUT2D eigenvalue weighted by molar-refractivity contribution is 7.89. The summed E-state index contributed by atoms with van der Waals surface area (Å²) in [5.74, 6) is 0.175. The maximum Gasteiger partial charge on any atom is 0.258 e. The largest absolute Gasteiger partial charge is 0.484 e. The van der Waals surface area contributed by atoms with Gasteiger partial charge in [-0.3, -0.25) is 4.79 Å². The van der Waals surface area contributed by atoms with Crippen LogP contribution in [0.5, 0.6) is 5.75 Å². The van der Waals surface area contributed by atoms with Crippen molar-refractivity contribution in [1.29, 1.82) is 0 Å². The van der Waals surface area contributed by atoms with Crippen molar-refractivity contribution in [2.75, 3.05) is 32.9 Å². The minimum absolute atomic E-state index is 0.162. The Bertz CT molecular complexity index is 1180. The third-order valence-corrected chi connectivity index (χ3v) is 7.38. The molecule has 1 aliphatic heterocycles. The third-order valence-electron chi connectivity index (χ3n) is 5.47. The first-order valence-corrected chi connectivity index (χ1v) is 12.0. The van der Waals surface area contributed by atoms with Gasteiger partial charge < -0.3 is 14.8 Å². The highest BCUT2D eigenvalue weighted by Gasteiger charge is 2.26. The number of hydrogen-bond donors (Lipinski definition) is 1. The molecule has 168 valence electrons. The lowest BCUT2D eigenvalue weighted by Crippen LogP contribution is -2.40. The normalized spacial score (nSPS) is 15.9. The standard InChI is InChI=1S/C24H26N2O5S/c1-18(22-8-4-6-19-5-2-3-7-23(19)22)25-24(27)17-31-20-9-11-21(12-10-20)32(28,29)26-13-15-30-16-14-26/h2-12,18H,13-17H2,1H3,(H,25,27)/t18-/m1/s1. The molecule has 0 aliphatic carbocycles. The van der Waals surface area contributed by atoms with E-state index in [-0.39, 0.29) is 23.5 Å². The minimum atomic E-state index is -3.56. The Morgan fingerprint density at radius 2 is 1.72 bits per heavy atom. The second-order valence-electron chi connectivity index (χ2n) is 7.63.